The molecular formula is C24H30N6O2S. The van der Waals surface area contributed by atoms with E-state index < -0.39 is 0 Å². The van der Waals surface area contributed by atoms with Crippen LogP contribution in [0.25, 0.3) is 11.4 Å². The van der Waals surface area contributed by atoms with Gasteiger partial charge in [-0.25, -0.2) is 0 Å². The zero-order chi connectivity index (χ0) is 23.2. The molecule has 0 saturated carbocycles. The Morgan fingerprint density at radius 3 is 2.58 bits per heavy atom. The second-order valence-corrected chi connectivity index (χ2v) is 8.84. The third-order valence-corrected chi connectivity index (χ3v) is 6.76. The molecule has 0 unspecified atom stereocenters. The summed E-state index contributed by atoms with van der Waals surface area (Å²) >= 11 is 1.35. The van der Waals surface area contributed by atoms with Gasteiger partial charge in [-0.05, 0) is 43.8 Å². The van der Waals surface area contributed by atoms with E-state index in [0.717, 1.165) is 49.7 Å². The first-order valence-corrected chi connectivity index (χ1v) is 12.2. The number of benzene rings is 1. The van der Waals surface area contributed by atoms with Crippen LogP contribution in [-0.4, -0.2) is 64.0 Å². The van der Waals surface area contributed by atoms with Gasteiger partial charge in [-0.3, -0.25) is 9.36 Å². The molecule has 0 atom stereocenters. The summed E-state index contributed by atoms with van der Waals surface area (Å²) < 4.78 is 7.34. The number of thioether (sulfide) groups is 1. The van der Waals surface area contributed by atoms with Crippen LogP contribution in [0.2, 0.25) is 0 Å². The van der Waals surface area contributed by atoms with E-state index in [1.807, 2.05) is 29.7 Å². The molecule has 0 spiro atoms. The van der Waals surface area contributed by atoms with Crippen molar-refractivity contribution in [3.63, 3.8) is 0 Å². The molecule has 1 aromatic carbocycles. The summed E-state index contributed by atoms with van der Waals surface area (Å²) in [5.74, 6) is 1.64. The molecule has 0 bridgehead atoms. The van der Waals surface area contributed by atoms with Crippen molar-refractivity contribution >= 4 is 29.0 Å². The number of allylic oxidation sites excluding steroid dienone is 1. The van der Waals surface area contributed by atoms with Gasteiger partial charge in [0.25, 0.3) is 0 Å². The first-order valence-electron chi connectivity index (χ1n) is 11.2. The number of hydrogen-bond acceptors (Lipinski definition) is 7. The van der Waals surface area contributed by atoms with Gasteiger partial charge in [0.1, 0.15) is 5.76 Å². The quantitative estimate of drug-likeness (QED) is 0.378. The maximum Gasteiger partial charge on any atom is 0.234 e. The normalized spacial score (nSPS) is 14.4. The van der Waals surface area contributed by atoms with E-state index >= 15 is 0 Å². The van der Waals surface area contributed by atoms with Crippen LogP contribution in [0.4, 0.5) is 11.4 Å². The molecule has 1 N–H and O–H groups in total. The topological polar surface area (TPSA) is 79.4 Å². The summed E-state index contributed by atoms with van der Waals surface area (Å²) in [6.45, 7) is 13.8. The number of aromatic nitrogens is 3. The molecule has 1 saturated heterocycles. The molecule has 1 aliphatic rings. The summed E-state index contributed by atoms with van der Waals surface area (Å²) in [6.07, 6.45) is 3.42. The lowest BCUT2D eigenvalue weighted by atomic mass is 10.2. The number of nitrogens with zero attached hydrogens (tertiary/aromatic N) is 5. The fraction of sp³-hybridized carbons (Fsp3) is 0.375. The third-order valence-electron chi connectivity index (χ3n) is 5.80. The van der Waals surface area contributed by atoms with Crippen LogP contribution in [0, 0.1) is 6.92 Å². The highest BCUT2D eigenvalue weighted by molar-refractivity contribution is 7.99. The molecule has 1 aliphatic heterocycles. The number of rotatable bonds is 9. The Hall–Kier alpha value is -3.04. The fourth-order valence-electron chi connectivity index (χ4n) is 3.91. The molecule has 3 aromatic rings. The van der Waals surface area contributed by atoms with E-state index in [2.05, 4.69) is 50.9 Å². The molecule has 1 amide bonds. The second-order valence-electron chi connectivity index (χ2n) is 7.90. The minimum atomic E-state index is -0.0847. The molecule has 2 aromatic heterocycles. The smallest absolute Gasteiger partial charge is 0.234 e. The van der Waals surface area contributed by atoms with Gasteiger partial charge in [-0.2, -0.15) is 0 Å². The maximum atomic E-state index is 12.6. The van der Waals surface area contributed by atoms with Gasteiger partial charge in [-0.15, -0.1) is 16.8 Å². The van der Waals surface area contributed by atoms with Crippen LogP contribution in [-0.2, 0) is 11.3 Å². The predicted octanol–water partition coefficient (Wildman–Crippen LogP) is 3.91. The number of likely N-dealkylation sites (N-methyl/N-ethyl adjacent to an activating group) is 1. The first kappa shape index (κ1) is 23.1. The van der Waals surface area contributed by atoms with E-state index in [4.69, 9.17) is 4.42 Å². The number of piperazine rings is 1. The zero-order valence-corrected chi connectivity index (χ0v) is 20.0. The Morgan fingerprint density at radius 2 is 1.94 bits per heavy atom. The molecule has 0 radical (unpaired) electrons. The van der Waals surface area contributed by atoms with Crippen LogP contribution >= 0.6 is 11.8 Å². The van der Waals surface area contributed by atoms with Crippen LogP contribution < -0.4 is 10.2 Å². The average molecular weight is 467 g/mol. The fourth-order valence-corrected chi connectivity index (χ4v) is 4.66. The van der Waals surface area contributed by atoms with Gasteiger partial charge < -0.3 is 19.5 Å². The molecule has 0 aliphatic carbocycles. The molecule has 1 fully saturated rings. The average Bonchev–Trinajstić information content (AvgIpc) is 3.44. The van der Waals surface area contributed by atoms with Crippen molar-refractivity contribution in [2.75, 3.05) is 48.7 Å². The van der Waals surface area contributed by atoms with E-state index in [1.54, 1.807) is 12.3 Å². The largest absolute Gasteiger partial charge is 0.469 e. The van der Waals surface area contributed by atoms with Crippen LogP contribution in [0.1, 0.15) is 12.7 Å². The number of furan rings is 1. The van der Waals surface area contributed by atoms with E-state index in [9.17, 15) is 4.79 Å². The molecule has 9 heteroatoms. The predicted molar refractivity (Wildman–Crippen MR) is 133 cm³/mol. The molecule has 3 heterocycles. The third kappa shape index (κ3) is 5.48. The van der Waals surface area contributed by atoms with Crippen LogP contribution in [0.3, 0.4) is 0 Å². The Bertz CT molecular complexity index is 1080. The lowest BCUT2D eigenvalue weighted by Crippen LogP contribution is -2.46. The van der Waals surface area contributed by atoms with E-state index in [-0.39, 0.29) is 11.7 Å². The summed E-state index contributed by atoms with van der Waals surface area (Å²) in [4.78, 5) is 17.4. The number of hydrogen-bond donors (Lipinski definition) is 1. The number of anilines is 2. The van der Waals surface area contributed by atoms with E-state index in [1.165, 1.54) is 17.4 Å². The molecule has 174 valence electrons. The lowest BCUT2D eigenvalue weighted by molar-refractivity contribution is -0.113. The van der Waals surface area contributed by atoms with Gasteiger partial charge >= 0.3 is 0 Å². The monoisotopic (exact) mass is 466 g/mol. The number of amides is 1. The minimum Gasteiger partial charge on any atom is -0.469 e. The minimum absolute atomic E-state index is 0.0847. The van der Waals surface area contributed by atoms with Gasteiger partial charge in [-0.1, -0.05) is 24.8 Å². The van der Waals surface area contributed by atoms with Crippen molar-refractivity contribution in [2.24, 2.45) is 0 Å². The molecular weight excluding hydrogens is 436 g/mol. The summed E-state index contributed by atoms with van der Waals surface area (Å²) in [6, 6.07) is 9.94. The highest BCUT2D eigenvalue weighted by atomic mass is 32.2. The summed E-state index contributed by atoms with van der Waals surface area (Å²) in [5.41, 5.74) is 2.87. The van der Waals surface area contributed by atoms with E-state index in [0.29, 0.717) is 17.5 Å². The summed E-state index contributed by atoms with van der Waals surface area (Å²) in [7, 11) is 0. The van der Waals surface area contributed by atoms with Crippen LogP contribution in [0.15, 0.2) is 58.8 Å². The molecule has 33 heavy (non-hydrogen) atoms. The molecule has 4 rings (SSSR count). The van der Waals surface area contributed by atoms with Gasteiger partial charge in [0, 0.05) is 44.1 Å². The van der Waals surface area contributed by atoms with Crippen molar-refractivity contribution in [1.29, 1.82) is 0 Å². The van der Waals surface area contributed by atoms with Gasteiger partial charge in [0.15, 0.2) is 11.0 Å². The number of carbonyl (C=O) groups is 1. The number of aryl methyl sites for hydroxylation is 1. The van der Waals surface area contributed by atoms with Crippen molar-refractivity contribution in [1.82, 2.24) is 19.7 Å². The SMILES string of the molecule is C=CCn1c(SCC(=O)Nc2ccc(N3CCN(CC)CC3)cc2)nnc1-c1ccoc1C. The Kier molecular flexibility index (Phi) is 7.51. The standard InChI is InChI=1S/C24H30N6O2S/c1-4-11-30-23(21-10-16-32-18(21)3)26-27-24(30)33-17-22(31)25-19-6-8-20(9-7-19)29-14-12-28(5-2)13-15-29/h4,6-10,16H,1,5,11-15,17H2,2-3H3,(H,25,31). The molecule has 8 nitrogen and oxygen atoms in total. The Labute approximate surface area is 198 Å². The number of nitrogens with one attached hydrogen (secondary N) is 1. The summed E-state index contributed by atoms with van der Waals surface area (Å²) in [5, 5.41) is 12.2. The van der Waals surface area contributed by atoms with Crippen molar-refractivity contribution in [2.45, 2.75) is 25.5 Å². The zero-order valence-electron chi connectivity index (χ0n) is 19.2. The second kappa shape index (κ2) is 10.7. The highest BCUT2D eigenvalue weighted by Crippen LogP contribution is 2.27. The lowest BCUT2D eigenvalue weighted by Gasteiger charge is -2.35. The van der Waals surface area contributed by atoms with Crippen LogP contribution in [0.5, 0.6) is 0 Å². The first-order chi connectivity index (χ1) is 16.1. The number of carbonyl (C=O) groups excluding carboxylic acids is 1. The maximum absolute atomic E-state index is 12.6. The van der Waals surface area contributed by atoms with Gasteiger partial charge in [0.2, 0.25) is 5.91 Å². The Balaban J connectivity index is 1.34. The van der Waals surface area contributed by atoms with Crippen molar-refractivity contribution < 1.29 is 9.21 Å². The van der Waals surface area contributed by atoms with Gasteiger partial charge in [0.05, 0.1) is 17.6 Å². The highest BCUT2D eigenvalue weighted by Gasteiger charge is 2.18. The Morgan fingerprint density at radius 1 is 1.18 bits per heavy atom. The van der Waals surface area contributed by atoms with Crippen molar-refractivity contribution in [3.05, 3.63) is 55.0 Å². The van der Waals surface area contributed by atoms with Crippen molar-refractivity contribution in [3.8, 4) is 11.4 Å².